The fourth-order valence-electron chi connectivity index (χ4n) is 5.43. The van der Waals surface area contributed by atoms with Crippen LogP contribution in [0.4, 0.5) is 0 Å². The Bertz CT molecular complexity index is 571. The van der Waals surface area contributed by atoms with E-state index in [0.717, 1.165) is 25.7 Å². The Hall–Kier alpha value is -1.09. The smallest absolute Gasteiger partial charge is 0.305 e. The van der Waals surface area contributed by atoms with E-state index in [4.69, 9.17) is 4.74 Å². The van der Waals surface area contributed by atoms with Crippen molar-refractivity contribution in [3.8, 4) is 0 Å². The Morgan fingerprint density at radius 2 is 0.951 bits per heavy atom. The number of nitrogens with zero attached hydrogens (tertiary/aromatic N) is 1. The van der Waals surface area contributed by atoms with Crippen molar-refractivity contribution >= 4 is 5.97 Å². The number of ether oxygens (including phenoxy) is 1. The zero-order valence-corrected chi connectivity index (χ0v) is 28.3. The fraction of sp³-hybridized carbons (Fsp3) is 0.868. The molecule has 0 radical (unpaired) electrons. The van der Waals surface area contributed by atoms with Gasteiger partial charge in [-0.25, -0.2) is 0 Å². The van der Waals surface area contributed by atoms with Gasteiger partial charge in [0, 0.05) is 6.42 Å². The first-order valence-corrected chi connectivity index (χ1v) is 18.4. The summed E-state index contributed by atoms with van der Waals surface area (Å²) in [4.78, 5) is 14.6. The zero-order valence-electron chi connectivity index (χ0n) is 28.3. The van der Waals surface area contributed by atoms with Crippen LogP contribution in [0, 0.1) is 0 Å². The van der Waals surface area contributed by atoms with Crippen LogP contribution in [-0.4, -0.2) is 37.1 Å². The minimum Gasteiger partial charge on any atom is -0.466 e. The maximum Gasteiger partial charge on any atom is 0.305 e. The molecule has 3 nitrogen and oxygen atoms in total. The molecule has 0 atom stereocenters. The summed E-state index contributed by atoms with van der Waals surface area (Å²) in [6, 6.07) is 0. The van der Waals surface area contributed by atoms with Gasteiger partial charge in [0.15, 0.2) is 0 Å². The summed E-state index contributed by atoms with van der Waals surface area (Å²) in [7, 11) is 0. The van der Waals surface area contributed by atoms with Crippen molar-refractivity contribution in [2.75, 3.05) is 26.2 Å². The molecule has 0 heterocycles. The lowest BCUT2D eigenvalue weighted by Crippen LogP contribution is -2.27. The Morgan fingerprint density at radius 3 is 1.54 bits per heavy atom. The van der Waals surface area contributed by atoms with Gasteiger partial charge in [-0.05, 0) is 83.8 Å². The first kappa shape index (κ1) is 39.9. The molecular weight excluding hydrogens is 502 g/mol. The van der Waals surface area contributed by atoms with Gasteiger partial charge in [-0.3, -0.25) is 4.79 Å². The Kier molecular flexibility index (Phi) is 34.2. The lowest BCUT2D eigenvalue weighted by atomic mass is 10.1. The van der Waals surface area contributed by atoms with E-state index in [9.17, 15) is 4.79 Å². The Labute approximate surface area is 258 Å². The third-order valence-corrected chi connectivity index (χ3v) is 8.08. The van der Waals surface area contributed by atoms with Crippen LogP contribution in [0.15, 0.2) is 24.3 Å². The van der Waals surface area contributed by atoms with Crippen molar-refractivity contribution in [1.82, 2.24) is 4.90 Å². The summed E-state index contributed by atoms with van der Waals surface area (Å²) in [6.07, 6.45) is 41.9. The minimum atomic E-state index is 0.0124. The van der Waals surface area contributed by atoms with Crippen LogP contribution in [-0.2, 0) is 9.53 Å². The first-order valence-electron chi connectivity index (χ1n) is 18.4. The molecule has 0 unspecified atom stereocenters. The van der Waals surface area contributed by atoms with Crippen molar-refractivity contribution in [3.05, 3.63) is 24.3 Å². The highest BCUT2D eigenvalue weighted by Gasteiger charge is 2.05. The maximum absolute atomic E-state index is 11.9. The van der Waals surface area contributed by atoms with Crippen molar-refractivity contribution in [1.29, 1.82) is 0 Å². The molecule has 0 bridgehead atoms. The number of allylic oxidation sites excluding steroid dienone is 4. The summed E-state index contributed by atoms with van der Waals surface area (Å²) < 4.78 is 5.41. The van der Waals surface area contributed by atoms with E-state index in [-0.39, 0.29) is 5.97 Å². The van der Waals surface area contributed by atoms with Crippen LogP contribution in [0.25, 0.3) is 0 Å². The van der Waals surface area contributed by atoms with Crippen LogP contribution < -0.4 is 0 Å². The van der Waals surface area contributed by atoms with Gasteiger partial charge in [-0.15, -0.1) is 0 Å². The van der Waals surface area contributed by atoms with Gasteiger partial charge in [0.2, 0.25) is 0 Å². The second-order valence-corrected chi connectivity index (χ2v) is 12.3. The molecule has 0 aliphatic heterocycles. The van der Waals surface area contributed by atoms with Crippen LogP contribution in [0.2, 0.25) is 0 Å². The van der Waals surface area contributed by atoms with Crippen molar-refractivity contribution in [2.45, 2.75) is 188 Å². The number of esters is 1. The van der Waals surface area contributed by atoms with E-state index in [2.05, 4.69) is 50.0 Å². The van der Waals surface area contributed by atoms with E-state index < -0.39 is 0 Å². The normalized spacial score (nSPS) is 11.9. The molecule has 0 rings (SSSR count). The zero-order chi connectivity index (χ0) is 29.9. The SMILES string of the molecule is CCCCC/C=C\C/C=C\CCCCCCCCN(CCC)CCCCCCCC(=O)OCCCCCCCCC. The van der Waals surface area contributed by atoms with E-state index in [1.54, 1.807) is 0 Å². The predicted octanol–water partition coefficient (Wildman–Crippen LogP) is 12.1. The highest BCUT2D eigenvalue weighted by Crippen LogP contribution is 2.12. The number of carbonyl (C=O) groups excluding carboxylic acids is 1. The molecule has 0 N–H and O–H groups in total. The summed E-state index contributed by atoms with van der Waals surface area (Å²) in [5.74, 6) is 0.0124. The monoisotopic (exact) mass is 576 g/mol. The van der Waals surface area contributed by atoms with E-state index in [1.165, 1.54) is 154 Å². The molecule has 0 spiro atoms. The van der Waals surface area contributed by atoms with Gasteiger partial charge in [-0.1, -0.05) is 141 Å². The lowest BCUT2D eigenvalue weighted by Gasteiger charge is -2.21. The summed E-state index contributed by atoms with van der Waals surface area (Å²) in [5.41, 5.74) is 0. The molecule has 0 aliphatic carbocycles. The molecule has 0 saturated carbocycles. The molecular formula is C38H73NO2. The highest BCUT2D eigenvalue weighted by molar-refractivity contribution is 5.69. The van der Waals surface area contributed by atoms with Gasteiger partial charge in [0.25, 0.3) is 0 Å². The van der Waals surface area contributed by atoms with Crippen LogP contribution in [0.1, 0.15) is 188 Å². The second-order valence-electron chi connectivity index (χ2n) is 12.3. The highest BCUT2D eigenvalue weighted by atomic mass is 16.5. The molecule has 0 amide bonds. The van der Waals surface area contributed by atoms with Gasteiger partial charge >= 0.3 is 5.97 Å². The summed E-state index contributed by atoms with van der Waals surface area (Å²) in [6.45, 7) is 11.2. The molecule has 0 aliphatic rings. The number of unbranched alkanes of at least 4 members (excludes halogenated alkanes) is 19. The van der Waals surface area contributed by atoms with Crippen molar-refractivity contribution in [2.24, 2.45) is 0 Å². The third kappa shape index (κ3) is 33.3. The van der Waals surface area contributed by atoms with Gasteiger partial charge in [0.1, 0.15) is 0 Å². The molecule has 242 valence electrons. The van der Waals surface area contributed by atoms with Crippen LogP contribution in [0.5, 0.6) is 0 Å². The molecule has 3 heteroatoms. The quantitative estimate of drug-likeness (QED) is 0.0443. The third-order valence-electron chi connectivity index (χ3n) is 8.08. The number of hydrogen-bond donors (Lipinski definition) is 0. The Balaban J connectivity index is 3.53. The van der Waals surface area contributed by atoms with Gasteiger partial charge in [-0.2, -0.15) is 0 Å². The average molecular weight is 576 g/mol. The molecule has 0 saturated heterocycles. The van der Waals surface area contributed by atoms with E-state index in [1.807, 2.05) is 0 Å². The topological polar surface area (TPSA) is 29.5 Å². The van der Waals surface area contributed by atoms with Crippen LogP contribution in [0.3, 0.4) is 0 Å². The van der Waals surface area contributed by atoms with Crippen molar-refractivity contribution < 1.29 is 9.53 Å². The number of carbonyl (C=O) groups is 1. The van der Waals surface area contributed by atoms with Gasteiger partial charge < -0.3 is 9.64 Å². The first-order chi connectivity index (χ1) is 20.2. The molecule has 0 fully saturated rings. The van der Waals surface area contributed by atoms with Gasteiger partial charge in [0.05, 0.1) is 6.61 Å². The second kappa shape index (κ2) is 35.1. The largest absolute Gasteiger partial charge is 0.466 e. The maximum atomic E-state index is 11.9. The summed E-state index contributed by atoms with van der Waals surface area (Å²) in [5, 5.41) is 0. The Morgan fingerprint density at radius 1 is 0.488 bits per heavy atom. The number of rotatable bonds is 33. The average Bonchev–Trinajstić information content (AvgIpc) is 2.97. The predicted molar refractivity (Wildman–Crippen MR) is 183 cm³/mol. The molecule has 0 aromatic carbocycles. The fourth-order valence-corrected chi connectivity index (χ4v) is 5.43. The standard InChI is InChI=1S/C38H73NO2/c1-4-7-9-11-13-14-15-16-17-18-19-20-21-22-26-30-35-39(34-6-3)36-31-27-24-25-29-33-38(40)41-37-32-28-23-12-10-8-5-2/h13-14,16-17H,4-12,15,18-37H2,1-3H3/b14-13-,17-16-. The number of hydrogen-bond acceptors (Lipinski definition) is 3. The van der Waals surface area contributed by atoms with Crippen LogP contribution >= 0.6 is 0 Å². The molecule has 41 heavy (non-hydrogen) atoms. The van der Waals surface area contributed by atoms with Crippen molar-refractivity contribution in [3.63, 3.8) is 0 Å². The summed E-state index contributed by atoms with van der Waals surface area (Å²) >= 11 is 0. The lowest BCUT2D eigenvalue weighted by molar-refractivity contribution is -0.143. The molecule has 0 aromatic heterocycles. The van der Waals surface area contributed by atoms with E-state index >= 15 is 0 Å². The minimum absolute atomic E-state index is 0.0124. The van der Waals surface area contributed by atoms with E-state index in [0.29, 0.717) is 13.0 Å². The molecule has 0 aromatic rings.